The third kappa shape index (κ3) is 3.82. The zero-order valence-corrected chi connectivity index (χ0v) is 16.9. The number of rotatable bonds is 5. The van der Waals surface area contributed by atoms with Gasteiger partial charge in [0.05, 0.1) is 5.69 Å². The van der Waals surface area contributed by atoms with Crippen molar-refractivity contribution in [2.75, 3.05) is 0 Å². The van der Waals surface area contributed by atoms with Gasteiger partial charge < -0.3 is 5.11 Å². The molecule has 0 amide bonds. The van der Waals surface area contributed by atoms with E-state index < -0.39 is 6.10 Å². The highest BCUT2D eigenvalue weighted by Gasteiger charge is 2.26. The minimum atomic E-state index is -0.733. The molecule has 0 unspecified atom stereocenters. The van der Waals surface area contributed by atoms with E-state index in [4.69, 9.17) is 16.7 Å². The first kappa shape index (κ1) is 18.3. The third-order valence-corrected chi connectivity index (χ3v) is 6.55. The Kier molecular flexibility index (Phi) is 5.36. The Bertz CT molecular complexity index is 1030. The third-order valence-electron chi connectivity index (χ3n) is 4.19. The molecule has 1 atom stereocenters. The molecule has 2 heterocycles. The van der Waals surface area contributed by atoms with E-state index in [2.05, 4.69) is 0 Å². The van der Waals surface area contributed by atoms with Crippen LogP contribution in [0.1, 0.15) is 16.5 Å². The number of hydrogen-bond acceptors (Lipinski definition) is 4. The maximum Gasteiger partial charge on any atom is 0.118 e. The lowest BCUT2D eigenvalue weighted by molar-refractivity contribution is 0.221. The van der Waals surface area contributed by atoms with Crippen molar-refractivity contribution in [3.05, 3.63) is 87.6 Å². The van der Waals surface area contributed by atoms with Crippen LogP contribution in [-0.2, 0) is 7.05 Å². The van der Waals surface area contributed by atoms with Crippen LogP contribution in [0.15, 0.2) is 82.0 Å². The van der Waals surface area contributed by atoms with Gasteiger partial charge in [0.25, 0.3) is 0 Å². The fourth-order valence-electron chi connectivity index (χ4n) is 2.91. The highest BCUT2D eigenvalue weighted by Crippen LogP contribution is 2.41. The molecule has 3 nitrogen and oxygen atoms in total. The Labute approximate surface area is 171 Å². The minimum Gasteiger partial charge on any atom is -0.383 e. The van der Waals surface area contributed by atoms with Gasteiger partial charge in [0.15, 0.2) is 0 Å². The van der Waals surface area contributed by atoms with Crippen molar-refractivity contribution in [2.24, 2.45) is 7.05 Å². The number of benzene rings is 2. The smallest absolute Gasteiger partial charge is 0.118 e. The Morgan fingerprint density at radius 1 is 1.04 bits per heavy atom. The molecule has 1 N–H and O–H groups in total. The standard InChI is InChI=1S/C21H17ClN2OS2/c1-24-21(27-16-11-9-15(22)10-12-16)18(20(25)17-8-5-13-26-17)19(23-24)14-6-3-2-4-7-14/h2-13,20,25H,1H3/t20-/m0/s1. The first-order valence-corrected chi connectivity index (χ1v) is 10.5. The van der Waals surface area contributed by atoms with Crippen LogP contribution in [0.4, 0.5) is 0 Å². The fraction of sp³-hybridized carbons (Fsp3) is 0.0952. The molecule has 0 bridgehead atoms. The Hall–Kier alpha value is -2.05. The average molecular weight is 413 g/mol. The summed E-state index contributed by atoms with van der Waals surface area (Å²) in [6.45, 7) is 0. The second-order valence-corrected chi connectivity index (χ2v) is 8.51. The monoisotopic (exact) mass is 412 g/mol. The summed E-state index contributed by atoms with van der Waals surface area (Å²) in [6, 6.07) is 21.6. The first-order chi connectivity index (χ1) is 13.1. The van der Waals surface area contributed by atoms with E-state index in [1.54, 1.807) is 23.1 Å². The van der Waals surface area contributed by atoms with Gasteiger partial charge in [-0.15, -0.1) is 11.3 Å². The molecule has 0 aliphatic heterocycles. The predicted molar refractivity (Wildman–Crippen MR) is 113 cm³/mol. The Morgan fingerprint density at radius 2 is 1.78 bits per heavy atom. The molecule has 136 valence electrons. The molecular weight excluding hydrogens is 396 g/mol. The van der Waals surface area contributed by atoms with E-state index in [1.807, 2.05) is 83.8 Å². The van der Waals surface area contributed by atoms with Crippen LogP contribution in [0.5, 0.6) is 0 Å². The van der Waals surface area contributed by atoms with Crippen molar-refractivity contribution in [3.63, 3.8) is 0 Å². The number of aliphatic hydroxyl groups is 1. The second-order valence-electron chi connectivity index (χ2n) is 6.03. The van der Waals surface area contributed by atoms with Crippen molar-refractivity contribution in [1.29, 1.82) is 0 Å². The normalized spacial score (nSPS) is 12.3. The van der Waals surface area contributed by atoms with Gasteiger partial charge in [0.2, 0.25) is 0 Å². The van der Waals surface area contributed by atoms with Gasteiger partial charge in [-0.05, 0) is 35.7 Å². The number of hydrogen-bond donors (Lipinski definition) is 1. The molecule has 4 aromatic rings. The Balaban J connectivity index is 1.84. The molecule has 0 spiro atoms. The molecule has 0 radical (unpaired) electrons. The van der Waals surface area contributed by atoms with Crippen LogP contribution in [0.25, 0.3) is 11.3 Å². The van der Waals surface area contributed by atoms with Crippen molar-refractivity contribution in [2.45, 2.75) is 16.0 Å². The van der Waals surface area contributed by atoms with Crippen LogP contribution < -0.4 is 0 Å². The van der Waals surface area contributed by atoms with Gasteiger partial charge in [0.1, 0.15) is 11.1 Å². The zero-order valence-electron chi connectivity index (χ0n) is 14.5. The quantitative estimate of drug-likeness (QED) is 0.434. The topological polar surface area (TPSA) is 38.0 Å². The largest absolute Gasteiger partial charge is 0.383 e. The predicted octanol–water partition coefficient (Wildman–Crippen LogP) is 6.03. The van der Waals surface area contributed by atoms with Crippen molar-refractivity contribution in [3.8, 4) is 11.3 Å². The highest BCUT2D eigenvalue weighted by atomic mass is 35.5. The zero-order chi connectivity index (χ0) is 18.8. The molecule has 0 saturated carbocycles. The molecule has 0 aliphatic rings. The van der Waals surface area contributed by atoms with Gasteiger partial charge in [-0.2, -0.15) is 5.10 Å². The summed E-state index contributed by atoms with van der Waals surface area (Å²) >= 11 is 9.13. The molecule has 4 rings (SSSR count). The van der Waals surface area contributed by atoms with Gasteiger partial charge in [-0.1, -0.05) is 59.8 Å². The Morgan fingerprint density at radius 3 is 2.44 bits per heavy atom. The molecule has 0 saturated heterocycles. The van der Waals surface area contributed by atoms with Crippen LogP contribution in [0, 0.1) is 0 Å². The first-order valence-electron chi connectivity index (χ1n) is 8.40. The summed E-state index contributed by atoms with van der Waals surface area (Å²) in [4.78, 5) is 1.94. The lowest BCUT2D eigenvalue weighted by atomic mass is 10.0. The van der Waals surface area contributed by atoms with E-state index in [-0.39, 0.29) is 0 Å². The lowest BCUT2D eigenvalue weighted by Gasteiger charge is -2.13. The van der Waals surface area contributed by atoms with Crippen LogP contribution >= 0.6 is 34.7 Å². The molecule has 0 fully saturated rings. The van der Waals surface area contributed by atoms with Gasteiger partial charge in [0, 0.05) is 33.0 Å². The molecule has 2 aromatic carbocycles. The minimum absolute atomic E-state index is 0.702. The summed E-state index contributed by atoms with van der Waals surface area (Å²) in [6.07, 6.45) is -0.733. The molecule has 27 heavy (non-hydrogen) atoms. The van der Waals surface area contributed by atoms with Crippen LogP contribution in [0.3, 0.4) is 0 Å². The molecule has 2 aromatic heterocycles. The average Bonchev–Trinajstić information content (AvgIpc) is 3.33. The second kappa shape index (κ2) is 7.90. The van der Waals surface area contributed by atoms with Crippen molar-refractivity contribution < 1.29 is 5.11 Å². The van der Waals surface area contributed by atoms with E-state index >= 15 is 0 Å². The van der Waals surface area contributed by atoms with E-state index in [1.165, 1.54) is 0 Å². The van der Waals surface area contributed by atoms with Crippen LogP contribution in [-0.4, -0.2) is 14.9 Å². The summed E-state index contributed by atoms with van der Waals surface area (Å²) in [5, 5.41) is 19.5. The van der Waals surface area contributed by atoms with E-state index in [9.17, 15) is 5.11 Å². The highest BCUT2D eigenvalue weighted by molar-refractivity contribution is 7.99. The lowest BCUT2D eigenvalue weighted by Crippen LogP contribution is -2.01. The maximum atomic E-state index is 11.2. The van der Waals surface area contributed by atoms with Gasteiger partial charge >= 0.3 is 0 Å². The summed E-state index contributed by atoms with van der Waals surface area (Å²) in [5.74, 6) is 0. The summed E-state index contributed by atoms with van der Waals surface area (Å²) < 4.78 is 1.84. The van der Waals surface area contributed by atoms with Gasteiger partial charge in [-0.3, -0.25) is 4.68 Å². The molecule has 0 aliphatic carbocycles. The summed E-state index contributed by atoms with van der Waals surface area (Å²) in [7, 11) is 1.91. The number of aryl methyl sites for hydroxylation is 1. The fourth-order valence-corrected chi connectivity index (χ4v) is 4.74. The van der Waals surface area contributed by atoms with Gasteiger partial charge in [-0.25, -0.2) is 0 Å². The SMILES string of the molecule is Cn1nc(-c2ccccc2)c([C@@H](O)c2cccs2)c1Sc1ccc(Cl)cc1. The number of thiophene rings is 1. The maximum absolute atomic E-state index is 11.2. The molecular formula is C21H17ClN2OS2. The summed E-state index contributed by atoms with van der Waals surface area (Å²) in [5.41, 5.74) is 2.61. The number of aromatic nitrogens is 2. The molecule has 6 heteroatoms. The van der Waals surface area contributed by atoms with E-state index in [0.29, 0.717) is 5.02 Å². The van der Waals surface area contributed by atoms with Crippen molar-refractivity contribution >= 4 is 34.7 Å². The number of aliphatic hydroxyl groups excluding tert-OH is 1. The van der Waals surface area contributed by atoms with E-state index in [0.717, 1.165) is 31.6 Å². The number of nitrogens with zero attached hydrogens (tertiary/aromatic N) is 2. The van der Waals surface area contributed by atoms with Crippen molar-refractivity contribution in [1.82, 2.24) is 9.78 Å². The number of halogens is 1. The van der Waals surface area contributed by atoms with Crippen LogP contribution in [0.2, 0.25) is 5.02 Å².